The minimum absolute atomic E-state index is 0.292. The summed E-state index contributed by atoms with van der Waals surface area (Å²) in [5.74, 6) is -0.429. The van der Waals surface area contributed by atoms with Crippen molar-refractivity contribution in [3.05, 3.63) is 0 Å². The first-order valence-electron chi connectivity index (χ1n) is 4.94. The lowest BCUT2D eigenvalue weighted by atomic mass is 9.76. The molecule has 0 aromatic heterocycles. The van der Waals surface area contributed by atoms with E-state index in [4.69, 9.17) is 4.74 Å². The largest absolute Gasteiger partial charge is 0.465 e. The third kappa shape index (κ3) is 1.42. The lowest BCUT2D eigenvalue weighted by Crippen LogP contribution is -2.51. The number of aliphatic hydroxyl groups excluding tert-OH is 1. The zero-order valence-corrected chi connectivity index (χ0v) is 8.91. The molecule has 3 atom stereocenters. The van der Waals surface area contributed by atoms with Gasteiger partial charge in [0.1, 0.15) is 5.60 Å². The van der Waals surface area contributed by atoms with E-state index in [0.29, 0.717) is 19.4 Å². The van der Waals surface area contributed by atoms with Crippen molar-refractivity contribution in [2.75, 3.05) is 6.61 Å². The Bertz CT molecular complexity index is 236. The molecule has 1 saturated carbocycles. The van der Waals surface area contributed by atoms with E-state index in [2.05, 4.69) is 0 Å². The number of ether oxygens (including phenoxy) is 1. The highest BCUT2D eigenvalue weighted by Crippen LogP contribution is 2.46. The van der Waals surface area contributed by atoms with Crippen molar-refractivity contribution in [1.82, 2.24) is 0 Å². The molecule has 2 N–H and O–H groups in total. The van der Waals surface area contributed by atoms with E-state index in [9.17, 15) is 15.0 Å². The maximum Gasteiger partial charge on any atom is 0.314 e. The molecule has 4 nitrogen and oxygen atoms in total. The summed E-state index contributed by atoms with van der Waals surface area (Å²) in [5.41, 5.74) is -2.37. The summed E-state index contributed by atoms with van der Waals surface area (Å²) < 4.78 is 4.90. The van der Waals surface area contributed by atoms with Crippen molar-refractivity contribution in [3.63, 3.8) is 0 Å². The summed E-state index contributed by atoms with van der Waals surface area (Å²) in [5, 5.41) is 19.6. The molecule has 1 fully saturated rings. The third-order valence-corrected chi connectivity index (χ3v) is 3.41. The lowest BCUT2D eigenvalue weighted by Gasteiger charge is -2.35. The molecule has 82 valence electrons. The second-order valence-corrected chi connectivity index (χ2v) is 4.25. The Morgan fingerprint density at radius 1 is 1.57 bits per heavy atom. The fourth-order valence-corrected chi connectivity index (χ4v) is 1.93. The SMILES string of the molecule is CCOC(=O)[C@@]1(C)CC[C@H](O)[C@]1(C)O. The fraction of sp³-hybridized carbons (Fsp3) is 0.900. The molecule has 0 aromatic rings. The van der Waals surface area contributed by atoms with Crippen molar-refractivity contribution in [2.24, 2.45) is 5.41 Å². The van der Waals surface area contributed by atoms with E-state index < -0.39 is 23.1 Å². The molecule has 0 bridgehead atoms. The van der Waals surface area contributed by atoms with Crippen LogP contribution in [-0.2, 0) is 9.53 Å². The van der Waals surface area contributed by atoms with Crippen LogP contribution in [-0.4, -0.2) is 34.5 Å². The first kappa shape index (κ1) is 11.5. The van der Waals surface area contributed by atoms with Crippen molar-refractivity contribution < 1.29 is 19.7 Å². The van der Waals surface area contributed by atoms with Crippen molar-refractivity contribution >= 4 is 5.97 Å². The zero-order valence-electron chi connectivity index (χ0n) is 8.91. The van der Waals surface area contributed by atoms with Crippen LogP contribution < -0.4 is 0 Å². The summed E-state index contributed by atoms with van der Waals surface area (Å²) in [6.45, 7) is 5.14. The van der Waals surface area contributed by atoms with Gasteiger partial charge in [0.25, 0.3) is 0 Å². The number of aliphatic hydroxyl groups is 2. The smallest absolute Gasteiger partial charge is 0.314 e. The maximum absolute atomic E-state index is 11.6. The Morgan fingerprint density at radius 3 is 2.50 bits per heavy atom. The Hall–Kier alpha value is -0.610. The molecule has 1 aliphatic rings. The van der Waals surface area contributed by atoms with Gasteiger partial charge in [-0.3, -0.25) is 4.79 Å². The van der Waals surface area contributed by atoms with Gasteiger partial charge in [0.15, 0.2) is 0 Å². The van der Waals surface area contributed by atoms with Crippen LogP contribution in [0.3, 0.4) is 0 Å². The normalized spacial score (nSPS) is 42.5. The maximum atomic E-state index is 11.6. The van der Waals surface area contributed by atoms with Crippen molar-refractivity contribution in [3.8, 4) is 0 Å². The quantitative estimate of drug-likeness (QED) is 0.638. The standard InChI is InChI=1S/C10H18O4/c1-4-14-8(12)9(2)6-5-7(11)10(9,3)13/h7,11,13H,4-6H2,1-3H3/t7-,9+,10-/m0/s1. The van der Waals surface area contributed by atoms with Gasteiger partial charge in [-0.2, -0.15) is 0 Å². The van der Waals surface area contributed by atoms with Gasteiger partial charge in [0.05, 0.1) is 18.1 Å². The van der Waals surface area contributed by atoms with E-state index in [0.717, 1.165) is 0 Å². The molecular formula is C10H18O4. The van der Waals surface area contributed by atoms with Crippen LogP contribution in [0.4, 0.5) is 0 Å². The predicted molar refractivity (Wildman–Crippen MR) is 50.6 cm³/mol. The minimum Gasteiger partial charge on any atom is -0.465 e. The molecular weight excluding hydrogens is 184 g/mol. The molecule has 1 rings (SSSR count). The predicted octanol–water partition coefficient (Wildman–Crippen LogP) is 0.461. The van der Waals surface area contributed by atoms with Gasteiger partial charge < -0.3 is 14.9 Å². The van der Waals surface area contributed by atoms with E-state index in [1.165, 1.54) is 6.92 Å². The Morgan fingerprint density at radius 2 is 2.14 bits per heavy atom. The molecule has 4 heteroatoms. The van der Waals surface area contributed by atoms with Gasteiger partial charge in [0, 0.05) is 0 Å². The van der Waals surface area contributed by atoms with Crippen molar-refractivity contribution in [2.45, 2.75) is 45.3 Å². The molecule has 0 aromatic carbocycles. The van der Waals surface area contributed by atoms with Crippen LogP contribution in [0.15, 0.2) is 0 Å². The van der Waals surface area contributed by atoms with Gasteiger partial charge in [-0.05, 0) is 33.6 Å². The summed E-state index contributed by atoms with van der Waals surface area (Å²) in [6.07, 6.45) is 0.0411. The monoisotopic (exact) mass is 202 g/mol. The van der Waals surface area contributed by atoms with Gasteiger partial charge in [0.2, 0.25) is 0 Å². The highest BCUT2D eigenvalue weighted by Gasteiger charge is 2.58. The Balaban J connectivity index is 2.89. The van der Waals surface area contributed by atoms with Crippen molar-refractivity contribution in [1.29, 1.82) is 0 Å². The van der Waals surface area contributed by atoms with E-state index in [-0.39, 0.29) is 0 Å². The van der Waals surface area contributed by atoms with Gasteiger partial charge in [-0.25, -0.2) is 0 Å². The molecule has 0 amide bonds. The molecule has 14 heavy (non-hydrogen) atoms. The molecule has 0 heterocycles. The van der Waals surface area contributed by atoms with Crippen LogP contribution in [0.5, 0.6) is 0 Å². The van der Waals surface area contributed by atoms with Gasteiger partial charge in [-0.1, -0.05) is 0 Å². The van der Waals surface area contributed by atoms with Crippen LogP contribution >= 0.6 is 0 Å². The molecule has 1 aliphatic carbocycles. The number of hydrogen-bond donors (Lipinski definition) is 2. The molecule has 0 saturated heterocycles. The third-order valence-electron chi connectivity index (χ3n) is 3.41. The number of esters is 1. The number of rotatable bonds is 2. The average Bonchev–Trinajstić information content (AvgIpc) is 2.31. The molecule has 0 unspecified atom stereocenters. The number of carbonyl (C=O) groups excluding carboxylic acids is 1. The van der Waals surface area contributed by atoms with Crippen LogP contribution in [0.1, 0.15) is 33.6 Å². The zero-order chi connectivity index (χ0) is 11.0. The fourth-order valence-electron chi connectivity index (χ4n) is 1.93. The lowest BCUT2D eigenvalue weighted by molar-refractivity contribution is -0.174. The summed E-state index contributed by atoms with van der Waals surface area (Å²) in [4.78, 5) is 11.6. The first-order chi connectivity index (χ1) is 6.36. The summed E-state index contributed by atoms with van der Waals surface area (Å²) >= 11 is 0. The highest BCUT2D eigenvalue weighted by atomic mass is 16.5. The Kier molecular flexibility index (Phi) is 2.88. The number of carbonyl (C=O) groups is 1. The summed E-state index contributed by atoms with van der Waals surface area (Å²) in [7, 11) is 0. The van der Waals surface area contributed by atoms with Gasteiger partial charge >= 0.3 is 5.97 Å². The Labute approximate surface area is 83.9 Å². The topological polar surface area (TPSA) is 66.8 Å². The molecule has 0 spiro atoms. The number of hydrogen-bond acceptors (Lipinski definition) is 4. The van der Waals surface area contributed by atoms with Gasteiger partial charge in [-0.15, -0.1) is 0 Å². The van der Waals surface area contributed by atoms with E-state index in [1.54, 1.807) is 13.8 Å². The second kappa shape index (κ2) is 3.51. The van der Waals surface area contributed by atoms with Crippen LogP contribution in [0.25, 0.3) is 0 Å². The summed E-state index contributed by atoms with van der Waals surface area (Å²) in [6, 6.07) is 0. The second-order valence-electron chi connectivity index (χ2n) is 4.25. The average molecular weight is 202 g/mol. The first-order valence-corrected chi connectivity index (χ1v) is 4.94. The molecule has 0 radical (unpaired) electrons. The van der Waals surface area contributed by atoms with Crippen LogP contribution in [0.2, 0.25) is 0 Å². The highest BCUT2D eigenvalue weighted by molar-refractivity contribution is 5.78. The van der Waals surface area contributed by atoms with Crippen LogP contribution in [0, 0.1) is 5.41 Å². The van der Waals surface area contributed by atoms with E-state index >= 15 is 0 Å². The molecule has 0 aliphatic heterocycles. The van der Waals surface area contributed by atoms with E-state index in [1.807, 2.05) is 0 Å². The minimum atomic E-state index is -1.39.